The molecule has 1 heterocycles. The summed E-state index contributed by atoms with van der Waals surface area (Å²) in [7, 11) is 1.69. The van der Waals surface area contributed by atoms with E-state index >= 15 is 0 Å². The lowest BCUT2D eigenvalue weighted by Crippen LogP contribution is -2.49. The summed E-state index contributed by atoms with van der Waals surface area (Å²) in [6.45, 7) is 9.60. The second-order valence-corrected chi connectivity index (χ2v) is 6.56. The predicted molar refractivity (Wildman–Crippen MR) is 86.1 cm³/mol. The van der Waals surface area contributed by atoms with Gasteiger partial charge < -0.3 is 14.4 Å². The Morgan fingerprint density at radius 1 is 1.14 bits per heavy atom. The summed E-state index contributed by atoms with van der Waals surface area (Å²) in [4.78, 5) is 16.2. The fraction of sp³-hybridized carbons (Fsp3) is 0.588. The second kappa shape index (κ2) is 7.01. The van der Waals surface area contributed by atoms with Crippen LogP contribution in [0.15, 0.2) is 24.3 Å². The molecule has 0 aliphatic carbocycles. The molecule has 0 unspecified atom stereocenters. The van der Waals surface area contributed by atoms with Gasteiger partial charge in [-0.25, -0.2) is 4.79 Å². The van der Waals surface area contributed by atoms with Crippen molar-refractivity contribution in [2.75, 3.05) is 33.3 Å². The average molecular weight is 306 g/mol. The van der Waals surface area contributed by atoms with E-state index in [4.69, 9.17) is 9.47 Å². The first-order valence-corrected chi connectivity index (χ1v) is 7.71. The molecule has 22 heavy (non-hydrogen) atoms. The molecular weight excluding hydrogens is 280 g/mol. The van der Waals surface area contributed by atoms with Crippen molar-refractivity contribution in [3.63, 3.8) is 0 Å². The molecule has 1 aliphatic rings. The van der Waals surface area contributed by atoms with Gasteiger partial charge in [0, 0.05) is 38.3 Å². The van der Waals surface area contributed by atoms with Crippen LogP contribution in [0.2, 0.25) is 0 Å². The highest BCUT2D eigenvalue weighted by atomic mass is 16.6. The van der Waals surface area contributed by atoms with E-state index in [-0.39, 0.29) is 6.09 Å². The largest absolute Gasteiger partial charge is 0.496 e. The van der Waals surface area contributed by atoms with Crippen LogP contribution in [-0.4, -0.2) is 54.8 Å². The minimum Gasteiger partial charge on any atom is -0.496 e. The van der Waals surface area contributed by atoms with Crippen molar-refractivity contribution in [2.45, 2.75) is 32.9 Å². The molecule has 0 radical (unpaired) electrons. The average Bonchev–Trinajstić information content (AvgIpc) is 2.47. The third kappa shape index (κ3) is 4.63. The van der Waals surface area contributed by atoms with E-state index in [1.807, 2.05) is 39.0 Å². The number of benzene rings is 1. The molecule has 1 saturated heterocycles. The minimum atomic E-state index is -0.439. The Hall–Kier alpha value is -1.75. The SMILES string of the molecule is COc1ccccc1CN1CCN(C(=O)OC(C)(C)C)CC1. The van der Waals surface area contributed by atoms with Gasteiger partial charge in [0.1, 0.15) is 11.4 Å². The number of methoxy groups -OCH3 is 1. The van der Waals surface area contributed by atoms with Gasteiger partial charge in [0.2, 0.25) is 0 Å². The van der Waals surface area contributed by atoms with Crippen molar-refractivity contribution >= 4 is 6.09 Å². The molecule has 0 aromatic heterocycles. The van der Waals surface area contributed by atoms with E-state index in [0.717, 1.165) is 25.4 Å². The Morgan fingerprint density at radius 2 is 1.77 bits per heavy atom. The Bertz CT molecular complexity index is 503. The van der Waals surface area contributed by atoms with Crippen LogP contribution >= 0.6 is 0 Å². The van der Waals surface area contributed by atoms with Gasteiger partial charge in [-0.05, 0) is 26.8 Å². The molecule has 0 N–H and O–H groups in total. The van der Waals surface area contributed by atoms with Crippen LogP contribution in [0, 0.1) is 0 Å². The normalized spacial score (nSPS) is 16.5. The van der Waals surface area contributed by atoms with Gasteiger partial charge >= 0.3 is 6.09 Å². The number of carbonyl (C=O) groups is 1. The Morgan fingerprint density at radius 3 is 2.36 bits per heavy atom. The lowest BCUT2D eigenvalue weighted by Gasteiger charge is -2.35. The van der Waals surface area contributed by atoms with Crippen molar-refractivity contribution in [3.8, 4) is 5.75 Å². The maximum absolute atomic E-state index is 12.0. The molecule has 0 atom stereocenters. The predicted octanol–water partition coefficient (Wildman–Crippen LogP) is 2.75. The molecule has 0 bridgehead atoms. The van der Waals surface area contributed by atoms with E-state index in [1.165, 1.54) is 5.56 Å². The minimum absolute atomic E-state index is 0.218. The highest BCUT2D eigenvalue weighted by molar-refractivity contribution is 5.68. The van der Waals surface area contributed by atoms with Gasteiger partial charge in [-0.3, -0.25) is 4.90 Å². The molecule has 1 aromatic carbocycles. The fourth-order valence-electron chi connectivity index (χ4n) is 2.49. The van der Waals surface area contributed by atoms with Crippen molar-refractivity contribution in [1.82, 2.24) is 9.80 Å². The standard InChI is InChI=1S/C17H26N2O3/c1-17(2,3)22-16(20)19-11-9-18(10-12-19)13-14-7-5-6-8-15(14)21-4/h5-8H,9-13H2,1-4H3. The van der Waals surface area contributed by atoms with Crippen LogP contribution < -0.4 is 4.74 Å². The van der Waals surface area contributed by atoms with E-state index in [1.54, 1.807) is 12.0 Å². The molecule has 1 fully saturated rings. The number of ether oxygens (including phenoxy) is 2. The van der Waals surface area contributed by atoms with E-state index in [0.29, 0.717) is 13.1 Å². The molecule has 0 spiro atoms. The smallest absolute Gasteiger partial charge is 0.410 e. The first-order chi connectivity index (χ1) is 10.4. The zero-order chi connectivity index (χ0) is 16.2. The summed E-state index contributed by atoms with van der Waals surface area (Å²) in [6.07, 6.45) is -0.218. The number of rotatable bonds is 3. The van der Waals surface area contributed by atoms with Crippen LogP contribution in [0.4, 0.5) is 4.79 Å². The van der Waals surface area contributed by atoms with Crippen molar-refractivity contribution in [1.29, 1.82) is 0 Å². The summed E-state index contributed by atoms with van der Waals surface area (Å²) in [5, 5.41) is 0. The number of piperazine rings is 1. The summed E-state index contributed by atoms with van der Waals surface area (Å²) >= 11 is 0. The molecule has 122 valence electrons. The van der Waals surface area contributed by atoms with Gasteiger partial charge in [-0.1, -0.05) is 18.2 Å². The van der Waals surface area contributed by atoms with E-state index in [9.17, 15) is 4.79 Å². The van der Waals surface area contributed by atoms with Crippen molar-refractivity contribution in [3.05, 3.63) is 29.8 Å². The summed E-state index contributed by atoms with van der Waals surface area (Å²) < 4.78 is 10.8. The van der Waals surface area contributed by atoms with Crippen LogP contribution in [0.25, 0.3) is 0 Å². The van der Waals surface area contributed by atoms with Crippen LogP contribution in [0.3, 0.4) is 0 Å². The summed E-state index contributed by atoms with van der Waals surface area (Å²) in [5.41, 5.74) is 0.738. The number of para-hydroxylation sites is 1. The summed E-state index contributed by atoms with van der Waals surface area (Å²) in [6, 6.07) is 8.06. The highest BCUT2D eigenvalue weighted by Gasteiger charge is 2.26. The van der Waals surface area contributed by atoms with Crippen LogP contribution in [-0.2, 0) is 11.3 Å². The third-order valence-corrected chi connectivity index (χ3v) is 3.61. The van der Waals surface area contributed by atoms with Gasteiger partial charge in [0.25, 0.3) is 0 Å². The molecule has 0 saturated carbocycles. The first kappa shape index (κ1) is 16.6. The first-order valence-electron chi connectivity index (χ1n) is 7.71. The molecule has 5 nitrogen and oxygen atoms in total. The number of amides is 1. The number of hydrogen-bond acceptors (Lipinski definition) is 4. The van der Waals surface area contributed by atoms with Gasteiger partial charge in [0.15, 0.2) is 0 Å². The quantitative estimate of drug-likeness (QED) is 0.861. The van der Waals surface area contributed by atoms with Gasteiger partial charge in [-0.15, -0.1) is 0 Å². The zero-order valence-corrected chi connectivity index (χ0v) is 14.0. The highest BCUT2D eigenvalue weighted by Crippen LogP contribution is 2.20. The second-order valence-electron chi connectivity index (χ2n) is 6.56. The van der Waals surface area contributed by atoms with E-state index in [2.05, 4.69) is 11.0 Å². The topological polar surface area (TPSA) is 42.0 Å². The fourth-order valence-corrected chi connectivity index (χ4v) is 2.49. The zero-order valence-electron chi connectivity index (χ0n) is 14.0. The number of hydrogen-bond donors (Lipinski definition) is 0. The number of nitrogens with zero attached hydrogens (tertiary/aromatic N) is 2. The maximum Gasteiger partial charge on any atom is 0.410 e. The molecular formula is C17H26N2O3. The van der Waals surface area contributed by atoms with Crippen LogP contribution in [0.5, 0.6) is 5.75 Å². The number of carbonyl (C=O) groups excluding carboxylic acids is 1. The lowest BCUT2D eigenvalue weighted by atomic mass is 10.1. The van der Waals surface area contributed by atoms with E-state index < -0.39 is 5.60 Å². The van der Waals surface area contributed by atoms with Gasteiger partial charge in [0.05, 0.1) is 7.11 Å². The molecule has 5 heteroatoms. The molecule has 1 aromatic rings. The maximum atomic E-state index is 12.0. The molecule has 1 aliphatic heterocycles. The van der Waals surface area contributed by atoms with Gasteiger partial charge in [-0.2, -0.15) is 0 Å². The monoisotopic (exact) mass is 306 g/mol. The van der Waals surface area contributed by atoms with Crippen molar-refractivity contribution in [2.24, 2.45) is 0 Å². The Kier molecular flexibility index (Phi) is 5.29. The van der Waals surface area contributed by atoms with Crippen molar-refractivity contribution < 1.29 is 14.3 Å². The molecule has 1 amide bonds. The van der Waals surface area contributed by atoms with Crippen LogP contribution in [0.1, 0.15) is 26.3 Å². The Labute approximate surface area is 132 Å². The third-order valence-electron chi connectivity index (χ3n) is 3.61. The Balaban J connectivity index is 1.86. The summed E-state index contributed by atoms with van der Waals surface area (Å²) in [5.74, 6) is 0.914. The molecule has 2 rings (SSSR count). The lowest BCUT2D eigenvalue weighted by molar-refractivity contribution is 0.0138.